The van der Waals surface area contributed by atoms with Gasteiger partial charge in [0.25, 0.3) is 5.95 Å². The summed E-state index contributed by atoms with van der Waals surface area (Å²) in [7, 11) is 0. The van der Waals surface area contributed by atoms with Gasteiger partial charge in [-0.2, -0.15) is 4.98 Å². The molecule has 1 unspecified atom stereocenters. The molecule has 112 valence electrons. The zero-order valence-electron chi connectivity index (χ0n) is 11.6. The van der Waals surface area contributed by atoms with Gasteiger partial charge in [0.05, 0.1) is 6.04 Å². The summed E-state index contributed by atoms with van der Waals surface area (Å²) in [6.07, 6.45) is 2.72. The van der Waals surface area contributed by atoms with Gasteiger partial charge >= 0.3 is 0 Å². The highest BCUT2D eigenvalue weighted by Crippen LogP contribution is 2.27. The fraction of sp³-hybridized carbons (Fsp3) is 0.429. The zero-order chi connectivity index (χ0) is 14.8. The van der Waals surface area contributed by atoms with E-state index in [4.69, 9.17) is 10.3 Å². The molecule has 4 N–H and O–H groups in total. The molecule has 2 heterocycles. The third kappa shape index (κ3) is 2.92. The molecule has 0 radical (unpaired) electrons. The molecule has 1 aromatic carbocycles. The fourth-order valence-electron chi connectivity index (χ4n) is 2.46. The van der Waals surface area contributed by atoms with E-state index in [1.54, 1.807) is 6.07 Å². The molecule has 21 heavy (non-hydrogen) atoms. The largest absolute Gasteiger partial charge is 0.504 e. The molecule has 1 saturated heterocycles. The quantitative estimate of drug-likeness (QED) is 0.729. The first-order valence-electron chi connectivity index (χ1n) is 6.98. The molecule has 3 rings (SSSR count). The Kier molecular flexibility index (Phi) is 3.66. The van der Waals surface area contributed by atoms with Gasteiger partial charge in [0.2, 0.25) is 5.89 Å². The summed E-state index contributed by atoms with van der Waals surface area (Å²) in [5, 5.41) is 22.7. The number of hydrogen-bond donors (Lipinski definition) is 3. The molecule has 1 atom stereocenters. The SMILES string of the molecule is NC(Cc1ccc(O)c(O)c1)c1nc(N2CCCC2)no1. The highest BCUT2D eigenvalue weighted by molar-refractivity contribution is 5.40. The Morgan fingerprint density at radius 1 is 1.24 bits per heavy atom. The Bertz CT molecular complexity index is 622. The molecular weight excluding hydrogens is 272 g/mol. The summed E-state index contributed by atoms with van der Waals surface area (Å²) in [4.78, 5) is 6.42. The third-order valence-electron chi connectivity index (χ3n) is 3.63. The lowest BCUT2D eigenvalue weighted by Crippen LogP contribution is -2.19. The monoisotopic (exact) mass is 290 g/mol. The van der Waals surface area contributed by atoms with Crippen molar-refractivity contribution in [2.24, 2.45) is 5.73 Å². The Labute approximate surface area is 122 Å². The number of hydrogen-bond acceptors (Lipinski definition) is 7. The molecule has 1 aliphatic rings. The first-order chi connectivity index (χ1) is 10.1. The van der Waals surface area contributed by atoms with Crippen LogP contribution in [0.15, 0.2) is 22.7 Å². The molecule has 2 aromatic rings. The van der Waals surface area contributed by atoms with Crippen LogP contribution in [0.3, 0.4) is 0 Å². The summed E-state index contributed by atoms with van der Waals surface area (Å²) in [5.41, 5.74) is 6.86. The van der Waals surface area contributed by atoms with Gasteiger partial charge in [0.1, 0.15) is 0 Å². The lowest BCUT2D eigenvalue weighted by molar-refractivity contribution is 0.353. The maximum absolute atomic E-state index is 9.48. The van der Waals surface area contributed by atoms with Gasteiger partial charge in [-0.25, -0.2) is 0 Å². The maximum Gasteiger partial charge on any atom is 0.266 e. The van der Waals surface area contributed by atoms with Gasteiger partial charge in [-0.05, 0) is 42.1 Å². The van der Waals surface area contributed by atoms with Gasteiger partial charge in [-0.15, -0.1) is 0 Å². The van der Waals surface area contributed by atoms with Gasteiger partial charge < -0.3 is 25.4 Å². The molecule has 7 heteroatoms. The summed E-state index contributed by atoms with van der Waals surface area (Å²) in [6.45, 7) is 1.89. The van der Waals surface area contributed by atoms with Crippen LogP contribution in [-0.4, -0.2) is 33.4 Å². The molecule has 7 nitrogen and oxygen atoms in total. The minimum atomic E-state index is -0.446. The average Bonchev–Trinajstić information content (AvgIpc) is 3.12. The molecule has 0 spiro atoms. The van der Waals surface area contributed by atoms with Crippen molar-refractivity contribution >= 4 is 5.95 Å². The number of aromatic nitrogens is 2. The predicted octanol–water partition coefficient (Wildman–Crippen LogP) is 1.32. The minimum absolute atomic E-state index is 0.151. The van der Waals surface area contributed by atoms with Crippen LogP contribution in [0.25, 0.3) is 0 Å². The van der Waals surface area contributed by atoms with E-state index in [0.29, 0.717) is 18.3 Å². The van der Waals surface area contributed by atoms with Crippen molar-refractivity contribution < 1.29 is 14.7 Å². The molecule has 1 aromatic heterocycles. The lowest BCUT2D eigenvalue weighted by atomic mass is 10.1. The zero-order valence-corrected chi connectivity index (χ0v) is 11.6. The van der Waals surface area contributed by atoms with Crippen LogP contribution in [0.5, 0.6) is 11.5 Å². The van der Waals surface area contributed by atoms with E-state index in [-0.39, 0.29) is 11.5 Å². The first kappa shape index (κ1) is 13.7. The van der Waals surface area contributed by atoms with E-state index < -0.39 is 6.04 Å². The highest BCUT2D eigenvalue weighted by atomic mass is 16.5. The Balaban J connectivity index is 1.69. The van der Waals surface area contributed by atoms with Crippen molar-refractivity contribution in [2.75, 3.05) is 18.0 Å². The van der Waals surface area contributed by atoms with Crippen LogP contribution in [0.2, 0.25) is 0 Å². The Morgan fingerprint density at radius 3 is 2.71 bits per heavy atom. The van der Waals surface area contributed by atoms with E-state index in [2.05, 4.69) is 15.0 Å². The van der Waals surface area contributed by atoms with Gasteiger partial charge in [0.15, 0.2) is 11.5 Å². The van der Waals surface area contributed by atoms with E-state index in [1.165, 1.54) is 12.1 Å². The molecule has 0 amide bonds. The minimum Gasteiger partial charge on any atom is -0.504 e. The van der Waals surface area contributed by atoms with Gasteiger partial charge in [-0.3, -0.25) is 0 Å². The van der Waals surface area contributed by atoms with Crippen molar-refractivity contribution in [3.63, 3.8) is 0 Å². The number of benzene rings is 1. The number of phenols is 2. The first-order valence-corrected chi connectivity index (χ1v) is 6.98. The number of rotatable bonds is 4. The van der Waals surface area contributed by atoms with Gasteiger partial charge in [0, 0.05) is 13.1 Å². The second-order valence-electron chi connectivity index (χ2n) is 5.26. The Hall–Kier alpha value is -2.28. The highest BCUT2D eigenvalue weighted by Gasteiger charge is 2.21. The number of aromatic hydroxyl groups is 2. The van der Waals surface area contributed by atoms with E-state index in [9.17, 15) is 10.2 Å². The second-order valence-corrected chi connectivity index (χ2v) is 5.26. The van der Waals surface area contributed by atoms with E-state index in [1.807, 2.05) is 0 Å². The fourth-order valence-corrected chi connectivity index (χ4v) is 2.46. The number of nitrogens with zero attached hydrogens (tertiary/aromatic N) is 3. The summed E-state index contributed by atoms with van der Waals surface area (Å²) >= 11 is 0. The topological polar surface area (TPSA) is 109 Å². The molecular formula is C14H18N4O3. The van der Waals surface area contributed by atoms with Crippen LogP contribution in [0.1, 0.15) is 30.3 Å². The van der Waals surface area contributed by atoms with Crippen molar-refractivity contribution in [3.05, 3.63) is 29.7 Å². The summed E-state index contributed by atoms with van der Waals surface area (Å²) in [6, 6.07) is 4.17. The average molecular weight is 290 g/mol. The van der Waals surface area contributed by atoms with Crippen molar-refractivity contribution in [1.29, 1.82) is 0 Å². The number of anilines is 1. The Morgan fingerprint density at radius 2 is 2.00 bits per heavy atom. The van der Waals surface area contributed by atoms with Crippen LogP contribution >= 0.6 is 0 Å². The number of phenolic OH excluding ortho intramolecular Hbond substituents is 2. The van der Waals surface area contributed by atoms with Gasteiger partial charge in [-0.1, -0.05) is 6.07 Å². The second kappa shape index (κ2) is 5.61. The third-order valence-corrected chi connectivity index (χ3v) is 3.63. The standard InChI is InChI=1S/C14H18N4O3/c15-10(7-9-3-4-11(19)12(20)8-9)13-16-14(17-21-13)18-5-1-2-6-18/h3-4,8,10,19-20H,1-2,5-7,15H2. The smallest absolute Gasteiger partial charge is 0.266 e. The van der Waals surface area contributed by atoms with Crippen LogP contribution in [0.4, 0.5) is 5.95 Å². The summed E-state index contributed by atoms with van der Waals surface area (Å²) in [5.74, 6) is 0.653. The van der Waals surface area contributed by atoms with Crippen molar-refractivity contribution in [2.45, 2.75) is 25.3 Å². The van der Waals surface area contributed by atoms with E-state index in [0.717, 1.165) is 31.5 Å². The molecule has 0 aliphatic carbocycles. The predicted molar refractivity (Wildman–Crippen MR) is 76.1 cm³/mol. The van der Waals surface area contributed by atoms with E-state index >= 15 is 0 Å². The molecule has 0 saturated carbocycles. The summed E-state index contributed by atoms with van der Waals surface area (Å²) < 4.78 is 5.23. The molecule has 1 fully saturated rings. The van der Waals surface area contributed by atoms with Crippen LogP contribution < -0.4 is 10.6 Å². The maximum atomic E-state index is 9.48. The molecule has 0 bridgehead atoms. The van der Waals surface area contributed by atoms with Crippen LogP contribution in [-0.2, 0) is 6.42 Å². The number of nitrogens with two attached hydrogens (primary N) is 1. The normalized spacial score (nSPS) is 16.3. The molecule has 1 aliphatic heterocycles. The van der Waals surface area contributed by atoms with Crippen molar-refractivity contribution in [1.82, 2.24) is 10.1 Å². The lowest BCUT2D eigenvalue weighted by Gasteiger charge is -2.10. The van der Waals surface area contributed by atoms with Crippen LogP contribution in [0, 0.1) is 0 Å². The van der Waals surface area contributed by atoms with Crippen molar-refractivity contribution in [3.8, 4) is 11.5 Å².